The van der Waals surface area contributed by atoms with E-state index in [0.29, 0.717) is 28.9 Å². The van der Waals surface area contributed by atoms with Gasteiger partial charge in [0.25, 0.3) is 0 Å². The van der Waals surface area contributed by atoms with E-state index in [9.17, 15) is 14.7 Å². The number of hydrogen-bond donors (Lipinski definition) is 2. The van der Waals surface area contributed by atoms with E-state index in [4.69, 9.17) is 0 Å². The quantitative estimate of drug-likeness (QED) is 0.732. The summed E-state index contributed by atoms with van der Waals surface area (Å²) in [5, 5.41) is 13.0. The Balaban J connectivity index is 2.11. The Morgan fingerprint density at radius 3 is 2.28 bits per heavy atom. The number of carboxylic acids is 1. The minimum absolute atomic E-state index is 0.123. The van der Waals surface area contributed by atoms with Crippen LogP contribution in [0.15, 0.2) is 0 Å². The number of rotatable bonds is 8. The summed E-state index contributed by atoms with van der Waals surface area (Å²) in [6.07, 6.45) is 3.84. The van der Waals surface area contributed by atoms with E-state index in [1.807, 2.05) is 0 Å². The third-order valence-corrected chi connectivity index (χ3v) is 5.46. The highest BCUT2D eigenvalue weighted by Crippen LogP contribution is 2.38. The maximum Gasteiger partial charge on any atom is 0.339 e. The molecule has 1 aliphatic carbocycles. The van der Waals surface area contributed by atoms with Crippen molar-refractivity contribution in [3.8, 4) is 0 Å². The third kappa shape index (κ3) is 5.54. The Kier molecular flexibility index (Phi) is 7.02. The number of thiophene rings is 1. The summed E-state index contributed by atoms with van der Waals surface area (Å²) in [6.45, 7) is 10.6. The van der Waals surface area contributed by atoms with Crippen molar-refractivity contribution in [2.45, 2.75) is 53.4 Å². The fraction of sp³-hybridized carbons (Fsp3) is 0.684. The van der Waals surface area contributed by atoms with Crippen LogP contribution in [-0.4, -0.2) is 41.5 Å². The Morgan fingerprint density at radius 1 is 1.12 bits per heavy atom. The second-order valence-electron chi connectivity index (χ2n) is 7.75. The first-order chi connectivity index (χ1) is 11.8. The molecule has 0 fully saturated rings. The third-order valence-electron chi connectivity index (χ3n) is 4.25. The Hall–Kier alpha value is -1.40. The van der Waals surface area contributed by atoms with Gasteiger partial charge >= 0.3 is 5.97 Å². The van der Waals surface area contributed by atoms with Gasteiger partial charge in [0.2, 0.25) is 5.91 Å². The summed E-state index contributed by atoms with van der Waals surface area (Å²) in [4.78, 5) is 27.5. The first kappa shape index (κ1) is 19.9. The number of nitrogens with zero attached hydrogens (tertiary/aromatic N) is 1. The molecule has 0 aliphatic heterocycles. The lowest BCUT2D eigenvalue weighted by atomic mass is 9.95. The van der Waals surface area contributed by atoms with E-state index in [0.717, 1.165) is 49.2 Å². The van der Waals surface area contributed by atoms with Crippen molar-refractivity contribution in [3.63, 3.8) is 0 Å². The van der Waals surface area contributed by atoms with Crippen molar-refractivity contribution in [2.75, 3.05) is 25.0 Å². The molecule has 0 spiro atoms. The summed E-state index contributed by atoms with van der Waals surface area (Å²) < 4.78 is 0. The standard InChI is InChI=1S/C19H30N2O3S/c1-12(2)9-21(10-13(3)4)11-16(22)20-18-17(19(23)24)14-7-5-6-8-15(14)25-18/h12-13H,5-11H2,1-4H3,(H,20,22)(H,23,24). The van der Waals surface area contributed by atoms with Crippen LogP contribution in [0, 0.1) is 11.8 Å². The predicted molar refractivity (Wildman–Crippen MR) is 103 cm³/mol. The molecular formula is C19H30N2O3S. The van der Waals surface area contributed by atoms with Crippen LogP contribution in [0.4, 0.5) is 5.00 Å². The number of carboxylic acid groups (broad SMARTS) is 1. The number of carbonyl (C=O) groups excluding carboxylic acids is 1. The van der Waals surface area contributed by atoms with Gasteiger partial charge in [-0.15, -0.1) is 11.3 Å². The first-order valence-electron chi connectivity index (χ1n) is 9.18. The number of aryl methyl sites for hydroxylation is 1. The second kappa shape index (κ2) is 8.81. The van der Waals surface area contributed by atoms with Gasteiger partial charge in [-0.1, -0.05) is 27.7 Å². The van der Waals surface area contributed by atoms with Crippen LogP contribution in [0.3, 0.4) is 0 Å². The van der Waals surface area contributed by atoms with Crippen LogP contribution in [0.1, 0.15) is 61.3 Å². The van der Waals surface area contributed by atoms with E-state index in [-0.39, 0.29) is 5.91 Å². The molecule has 1 aliphatic rings. The number of fused-ring (bicyclic) bond motifs is 1. The molecule has 0 aromatic carbocycles. The number of carbonyl (C=O) groups is 2. The summed E-state index contributed by atoms with van der Waals surface area (Å²) >= 11 is 1.44. The Labute approximate surface area is 154 Å². The maximum atomic E-state index is 12.5. The number of amides is 1. The van der Waals surface area contributed by atoms with Crippen molar-refractivity contribution >= 4 is 28.2 Å². The summed E-state index contributed by atoms with van der Waals surface area (Å²) in [6, 6.07) is 0. The molecule has 0 saturated heterocycles. The average Bonchev–Trinajstić information content (AvgIpc) is 2.83. The highest BCUT2D eigenvalue weighted by molar-refractivity contribution is 7.17. The normalized spacial score (nSPS) is 14.2. The number of aromatic carboxylic acids is 1. The molecule has 0 radical (unpaired) electrons. The zero-order valence-electron chi connectivity index (χ0n) is 15.7. The minimum Gasteiger partial charge on any atom is -0.478 e. The van der Waals surface area contributed by atoms with Gasteiger partial charge in [0.1, 0.15) is 5.00 Å². The fourth-order valence-corrected chi connectivity index (χ4v) is 4.78. The molecule has 0 unspecified atom stereocenters. The molecule has 5 nitrogen and oxygen atoms in total. The highest BCUT2D eigenvalue weighted by atomic mass is 32.1. The number of anilines is 1. The molecule has 2 N–H and O–H groups in total. The van der Waals surface area contributed by atoms with Crippen molar-refractivity contribution in [1.82, 2.24) is 4.90 Å². The summed E-state index contributed by atoms with van der Waals surface area (Å²) in [5.41, 5.74) is 1.24. The average molecular weight is 367 g/mol. The van der Waals surface area contributed by atoms with Crippen LogP contribution < -0.4 is 5.32 Å². The SMILES string of the molecule is CC(C)CN(CC(=O)Nc1sc2c(c1C(=O)O)CCCC2)CC(C)C. The van der Waals surface area contributed by atoms with Crippen LogP contribution in [0.25, 0.3) is 0 Å². The van der Waals surface area contributed by atoms with Gasteiger partial charge < -0.3 is 10.4 Å². The molecule has 1 aromatic heterocycles. The monoisotopic (exact) mass is 366 g/mol. The Bertz CT molecular complexity index is 612. The van der Waals surface area contributed by atoms with Gasteiger partial charge in [0.05, 0.1) is 12.1 Å². The zero-order chi connectivity index (χ0) is 18.6. The van der Waals surface area contributed by atoms with Gasteiger partial charge in [-0.25, -0.2) is 4.79 Å². The van der Waals surface area contributed by atoms with Crippen LogP contribution in [-0.2, 0) is 17.6 Å². The maximum absolute atomic E-state index is 12.5. The van der Waals surface area contributed by atoms with E-state index in [2.05, 4.69) is 37.9 Å². The highest BCUT2D eigenvalue weighted by Gasteiger charge is 2.26. The second-order valence-corrected chi connectivity index (χ2v) is 8.86. The smallest absolute Gasteiger partial charge is 0.339 e. The lowest BCUT2D eigenvalue weighted by molar-refractivity contribution is -0.117. The molecule has 0 atom stereocenters. The zero-order valence-corrected chi connectivity index (χ0v) is 16.5. The van der Waals surface area contributed by atoms with Crippen LogP contribution in [0.2, 0.25) is 0 Å². The Morgan fingerprint density at radius 2 is 1.72 bits per heavy atom. The fourth-order valence-electron chi connectivity index (χ4n) is 3.49. The molecule has 1 heterocycles. The first-order valence-corrected chi connectivity index (χ1v) is 9.99. The van der Waals surface area contributed by atoms with Gasteiger partial charge in [-0.05, 0) is 43.1 Å². The van der Waals surface area contributed by atoms with E-state index >= 15 is 0 Å². The van der Waals surface area contributed by atoms with E-state index in [1.165, 1.54) is 11.3 Å². The summed E-state index contributed by atoms with van der Waals surface area (Å²) in [5.74, 6) is -0.0938. The molecule has 0 bridgehead atoms. The number of nitrogens with one attached hydrogen (secondary N) is 1. The molecule has 1 amide bonds. The molecule has 140 valence electrons. The van der Waals surface area contributed by atoms with Crippen LogP contribution in [0.5, 0.6) is 0 Å². The summed E-state index contributed by atoms with van der Waals surface area (Å²) in [7, 11) is 0. The molecule has 0 saturated carbocycles. The minimum atomic E-state index is -0.934. The number of hydrogen-bond acceptors (Lipinski definition) is 4. The van der Waals surface area contributed by atoms with Gasteiger partial charge in [0.15, 0.2) is 0 Å². The van der Waals surface area contributed by atoms with E-state index in [1.54, 1.807) is 0 Å². The van der Waals surface area contributed by atoms with Crippen molar-refractivity contribution in [2.24, 2.45) is 11.8 Å². The molecule has 25 heavy (non-hydrogen) atoms. The van der Waals surface area contributed by atoms with Crippen molar-refractivity contribution in [3.05, 3.63) is 16.0 Å². The lowest BCUT2D eigenvalue weighted by Crippen LogP contribution is -2.38. The predicted octanol–water partition coefficient (Wildman–Crippen LogP) is 3.88. The van der Waals surface area contributed by atoms with Gasteiger partial charge in [-0.2, -0.15) is 0 Å². The molecule has 6 heteroatoms. The van der Waals surface area contributed by atoms with Crippen molar-refractivity contribution in [1.29, 1.82) is 0 Å². The topological polar surface area (TPSA) is 69.6 Å². The largest absolute Gasteiger partial charge is 0.478 e. The van der Waals surface area contributed by atoms with Gasteiger partial charge in [0, 0.05) is 18.0 Å². The van der Waals surface area contributed by atoms with Crippen molar-refractivity contribution < 1.29 is 14.7 Å². The lowest BCUT2D eigenvalue weighted by Gasteiger charge is -2.25. The van der Waals surface area contributed by atoms with E-state index < -0.39 is 5.97 Å². The molecule has 1 aromatic rings. The molecular weight excluding hydrogens is 336 g/mol. The van der Waals surface area contributed by atoms with Crippen LogP contribution >= 0.6 is 11.3 Å². The van der Waals surface area contributed by atoms with Gasteiger partial charge in [-0.3, -0.25) is 9.69 Å². The molecule has 2 rings (SSSR count).